The van der Waals surface area contributed by atoms with Gasteiger partial charge in [-0.05, 0) is 31.5 Å². The van der Waals surface area contributed by atoms with E-state index < -0.39 is 5.97 Å². The van der Waals surface area contributed by atoms with Crippen molar-refractivity contribution in [2.75, 3.05) is 0 Å². The number of carbonyl (C=O) groups excluding carboxylic acids is 1. The Bertz CT molecular complexity index is 1050. The maximum Gasteiger partial charge on any atom is 0.313 e. The number of nitrogens with zero attached hydrogens (tertiary/aromatic N) is 2. The fourth-order valence-corrected chi connectivity index (χ4v) is 4.31. The molecule has 0 fully saturated rings. The highest BCUT2D eigenvalue weighted by Gasteiger charge is 2.16. The molecule has 0 bridgehead atoms. The minimum Gasteiger partial charge on any atom is -0.423 e. The van der Waals surface area contributed by atoms with Crippen molar-refractivity contribution in [1.29, 1.82) is 0 Å². The number of hydrogen-bond acceptors (Lipinski definition) is 5. The molecule has 2 heterocycles. The van der Waals surface area contributed by atoms with Gasteiger partial charge in [-0.1, -0.05) is 34.8 Å². The fraction of sp³-hybridized carbons (Fsp3) is 0.235. The molecule has 0 radical (unpaired) electrons. The molecule has 3 aromatic rings. The second-order valence-corrected chi connectivity index (χ2v) is 8.08. The second-order valence-electron chi connectivity index (χ2n) is 5.63. The van der Waals surface area contributed by atoms with Crippen LogP contribution in [0.2, 0.25) is 15.1 Å². The Balaban J connectivity index is 1.76. The largest absolute Gasteiger partial charge is 0.423 e. The standard InChI is InChI=1S/C17H13Cl3N2O3S/c1-8-9(2)26-16-14(8)17(24)22(7-21-16)4-3-13(23)25-15-11(19)5-10(18)6-12(15)20/h5-7H,3-4H2,1-2H3. The highest BCUT2D eigenvalue weighted by atomic mass is 35.5. The van der Waals surface area contributed by atoms with Crippen LogP contribution in [0.5, 0.6) is 5.75 Å². The van der Waals surface area contributed by atoms with E-state index in [4.69, 9.17) is 39.5 Å². The van der Waals surface area contributed by atoms with Gasteiger partial charge in [0.25, 0.3) is 5.56 Å². The Morgan fingerprint density at radius 3 is 2.54 bits per heavy atom. The summed E-state index contributed by atoms with van der Waals surface area (Å²) < 4.78 is 6.61. The first kappa shape index (κ1) is 19.2. The van der Waals surface area contributed by atoms with Crippen LogP contribution in [0.1, 0.15) is 16.9 Å². The van der Waals surface area contributed by atoms with Gasteiger partial charge in [0.05, 0.1) is 28.2 Å². The quantitative estimate of drug-likeness (QED) is 0.429. The molecule has 0 atom stereocenters. The lowest BCUT2D eigenvalue weighted by molar-refractivity contribution is -0.134. The van der Waals surface area contributed by atoms with Gasteiger partial charge in [0.2, 0.25) is 0 Å². The van der Waals surface area contributed by atoms with Crippen molar-refractivity contribution >= 4 is 62.3 Å². The van der Waals surface area contributed by atoms with Crippen LogP contribution in [0, 0.1) is 13.8 Å². The van der Waals surface area contributed by atoms with Crippen LogP contribution < -0.4 is 10.3 Å². The number of hydrogen-bond donors (Lipinski definition) is 0. The number of aromatic nitrogens is 2. The normalized spacial score (nSPS) is 11.1. The molecular weight excluding hydrogens is 419 g/mol. The van der Waals surface area contributed by atoms with Crippen molar-refractivity contribution in [2.24, 2.45) is 0 Å². The molecule has 136 valence electrons. The van der Waals surface area contributed by atoms with E-state index >= 15 is 0 Å². The maximum atomic E-state index is 12.6. The van der Waals surface area contributed by atoms with Crippen LogP contribution in [-0.2, 0) is 11.3 Å². The zero-order valence-electron chi connectivity index (χ0n) is 13.8. The molecule has 9 heteroatoms. The Hall–Kier alpha value is -1.60. The van der Waals surface area contributed by atoms with Crippen molar-refractivity contribution in [3.63, 3.8) is 0 Å². The molecule has 0 aliphatic carbocycles. The van der Waals surface area contributed by atoms with Crippen molar-refractivity contribution < 1.29 is 9.53 Å². The minimum absolute atomic E-state index is 0.0372. The van der Waals surface area contributed by atoms with E-state index in [1.807, 2.05) is 13.8 Å². The van der Waals surface area contributed by atoms with E-state index in [1.165, 1.54) is 34.4 Å². The molecule has 0 saturated carbocycles. The smallest absolute Gasteiger partial charge is 0.313 e. The Kier molecular flexibility index (Phi) is 5.58. The first-order valence-electron chi connectivity index (χ1n) is 7.58. The van der Waals surface area contributed by atoms with Gasteiger partial charge in [0, 0.05) is 16.4 Å². The topological polar surface area (TPSA) is 61.2 Å². The van der Waals surface area contributed by atoms with Crippen molar-refractivity contribution in [3.8, 4) is 5.75 Å². The third-order valence-corrected chi connectivity index (χ3v) is 5.79. The molecule has 3 rings (SSSR count). The SMILES string of the molecule is Cc1sc2ncn(CCC(=O)Oc3c(Cl)cc(Cl)cc3Cl)c(=O)c2c1C. The first-order valence-corrected chi connectivity index (χ1v) is 9.53. The molecule has 0 N–H and O–H groups in total. The Labute approximate surface area is 168 Å². The number of aryl methyl sites for hydroxylation is 3. The van der Waals surface area contributed by atoms with Crippen molar-refractivity contribution in [2.45, 2.75) is 26.8 Å². The lowest BCUT2D eigenvalue weighted by atomic mass is 10.2. The lowest BCUT2D eigenvalue weighted by Crippen LogP contribution is -2.23. The summed E-state index contributed by atoms with van der Waals surface area (Å²) in [7, 11) is 0. The van der Waals surface area contributed by atoms with E-state index in [0.717, 1.165) is 10.4 Å². The zero-order valence-corrected chi connectivity index (χ0v) is 16.9. The van der Waals surface area contributed by atoms with Crippen molar-refractivity contribution in [1.82, 2.24) is 9.55 Å². The Morgan fingerprint density at radius 2 is 1.88 bits per heavy atom. The molecule has 0 aliphatic heterocycles. The van der Waals surface area contributed by atoms with Crippen LogP contribution >= 0.6 is 46.1 Å². The summed E-state index contributed by atoms with van der Waals surface area (Å²) in [4.78, 5) is 30.8. The number of rotatable bonds is 4. The molecule has 1 aromatic carbocycles. The van der Waals surface area contributed by atoms with E-state index in [1.54, 1.807) is 0 Å². The van der Waals surface area contributed by atoms with Gasteiger partial charge in [-0.15, -0.1) is 11.3 Å². The van der Waals surface area contributed by atoms with E-state index in [0.29, 0.717) is 15.2 Å². The number of benzene rings is 1. The predicted octanol–water partition coefficient (Wildman–Crippen LogP) is 5.03. The van der Waals surface area contributed by atoms with Crippen LogP contribution in [0.3, 0.4) is 0 Å². The van der Waals surface area contributed by atoms with E-state index in [2.05, 4.69) is 4.98 Å². The van der Waals surface area contributed by atoms with Gasteiger partial charge in [-0.25, -0.2) is 4.98 Å². The molecule has 0 saturated heterocycles. The summed E-state index contributed by atoms with van der Waals surface area (Å²) in [5.41, 5.74) is 0.742. The number of ether oxygens (including phenoxy) is 1. The van der Waals surface area contributed by atoms with Gasteiger partial charge in [0.15, 0.2) is 5.75 Å². The summed E-state index contributed by atoms with van der Waals surface area (Å²) in [5.74, 6) is -0.519. The monoisotopic (exact) mass is 430 g/mol. The summed E-state index contributed by atoms with van der Waals surface area (Å²) >= 11 is 19.3. The van der Waals surface area contributed by atoms with Gasteiger partial charge in [-0.3, -0.25) is 14.2 Å². The molecule has 0 amide bonds. The number of thiophene rings is 1. The number of fused-ring (bicyclic) bond motifs is 1. The molecular formula is C17H13Cl3N2O3S. The fourth-order valence-electron chi connectivity index (χ4n) is 2.43. The van der Waals surface area contributed by atoms with Gasteiger partial charge >= 0.3 is 5.97 Å². The van der Waals surface area contributed by atoms with Crippen LogP contribution in [-0.4, -0.2) is 15.5 Å². The average molecular weight is 432 g/mol. The Morgan fingerprint density at radius 1 is 1.23 bits per heavy atom. The maximum absolute atomic E-state index is 12.6. The van der Waals surface area contributed by atoms with Crippen LogP contribution in [0.4, 0.5) is 0 Å². The lowest BCUT2D eigenvalue weighted by Gasteiger charge is -2.09. The second kappa shape index (κ2) is 7.56. The first-order chi connectivity index (χ1) is 12.3. The van der Waals surface area contributed by atoms with Gasteiger partial charge < -0.3 is 4.74 Å². The van der Waals surface area contributed by atoms with Crippen molar-refractivity contribution in [3.05, 3.63) is 54.3 Å². The summed E-state index contributed by atoms with van der Waals surface area (Å²) in [5, 5.41) is 1.21. The predicted molar refractivity (Wildman–Crippen MR) is 105 cm³/mol. The third-order valence-electron chi connectivity index (χ3n) is 3.89. The molecule has 26 heavy (non-hydrogen) atoms. The van der Waals surface area contributed by atoms with Crippen LogP contribution in [0.25, 0.3) is 10.2 Å². The molecule has 2 aromatic heterocycles. The highest BCUT2D eigenvalue weighted by molar-refractivity contribution is 7.18. The zero-order chi connectivity index (χ0) is 19.0. The average Bonchev–Trinajstić information content (AvgIpc) is 2.85. The molecule has 5 nitrogen and oxygen atoms in total. The van der Waals surface area contributed by atoms with Crippen LogP contribution in [0.15, 0.2) is 23.3 Å². The van der Waals surface area contributed by atoms with E-state index in [-0.39, 0.29) is 34.3 Å². The van der Waals surface area contributed by atoms with Gasteiger partial charge in [0.1, 0.15) is 4.83 Å². The number of halogens is 3. The molecule has 0 spiro atoms. The molecule has 0 aliphatic rings. The highest BCUT2D eigenvalue weighted by Crippen LogP contribution is 2.36. The van der Waals surface area contributed by atoms with Gasteiger partial charge in [-0.2, -0.15) is 0 Å². The number of carbonyl (C=O) groups is 1. The summed E-state index contributed by atoms with van der Waals surface area (Å²) in [6, 6.07) is 2.86. The molecule has 0 unspecified atom stereocenters. The summed E-state index contributed by atoms with van der Waals surface area (Å²) in [6.07, 6.45) is 1.40. The minimum atomic E-state index is -0.568. The third kappa shape index (κ3) is 3.74. The number of esters is 1. The summed E-state index contributed by atoms with van der Waals surface area (Å²) in [6.45, 7) is 3.97. The van der Waals surface area contributed by atoms with E-state index in [9.17, 15) is 9.59 Å².